The fourth-order valence-electron chi connectivity index (χ4n) is 2.16. The molecule has 7 heteroatoms. The van der Waals surface area contributed by atoms with E-state index in [0.717, 1.165) is 5.56 Å². The van der Waals surface area contributed by atoms with Crippen LogP contribution in [-0.2, 0) is 6.54 Å². The molecular formula is C18H15Cl2N3O2. The maximum Gasteiger partial charge on any atom is 0.253 e. The van der Waals surface area contributed by atoms with Crippen LogP contribution in [0.2, 0.25) is 10.0 Å². The van der Waals surface area contributed by atoms with Gasteiger partial charge in [0.25, 0.3) is 5.91 Å². The topological polar surface area (TPSA) is 63.2 Å². The van der Waals surface area contributed by atoms with E-state index >= 15 is 0 Å². The van der Waals surface area contributed by atoms with Gasteiger partial charge in [0.05, 0.1) is 5.56 Å². The second-order valence-corrected chi connectivity index (χ2v) is 6.10. The van der Waals surface area contributed by atoms with E-state index in [1.54, 1.807) is 36.5 Å². The van der Waals surface area contributed by atoms with Crippen LogP contribution in [0.5, 0.6) is 5.88 Å². The number of carbonyl (C=O) groups excluding carboxylic acids is 1. The van der Waals surface area contributed by atoms with E-state index in [-0.39, 0.29) is 12.1 Å². The molecule has 25 heavy (non-hydrogen) atoms. The molecule has 0 saturated heterocycles. The van der Waals surface area contributed by atoms with Crippen LogP contribution in [0.15, 0.2) is 61.0 Å². The Labute approximate surface area is 155 Å². The van der Waals surface area contributed by atoms with E-state index in [0.29, 0.717) is 28.0 Å². The van der Waals surface area contributed by atoms with Crippen molar-refractivity contribution in [1.82, 2.24) is 15.6 Å². The van der Waals surface area contributed by atoms with Crippen LogP contribution >= 0.6 is 23.2 Å². The van der Waals surface area contributed by atoms with Crippen molar-refractivity contribution in [1.29, 1.82) is 0 Å². The van der Waals surface area contributed by atoms with Gasteiger partial charge in [-0.3, -0.25) is 4.79 Å². The Morgan fingerprint density at radius 1 is 1.24 bits per heavy atom. The molecule has 0 spiro atoms. The van der Waals surface area contributed by atoms with Crippen molar-refractivity contribution in [2.75, 3.05) is 0 Å². The highest BCUT2D eigenvalue weighted by Crippen LogP contribution is 2.20. The SMILES string of the molecule is O=C(NCc1ccc(Cl)cc1Cl)c1ccc(OC2C=CC=CN2)nc1. The molecule has 1 aliphatic heterocycles. The molecule has 128 valence electrons. The molecule has 0 bridgehead atoms. The fraction of sp³-hybridized carbons (Fsp3) is 0.111. The number of hydrogen-bond donors (Lipinski definition) is 2. The number of dihydropyridines is 1. The zero-order chi connectivity index (χ0) is 17.6. The lowest BCUT2D eigenvalue weighted by Gasteiger charge is -2.16. The zero-order valence-corrected chi connectivity index (χ0v) is 14.6. The third-order valence-corrected chi connectivity index (χ3v) is 4.04. The smallest absolute Gasteiger partial charge is 0.253 e. The minimum Gasteiger partial charge on any atom is -0.450 e. The van der Waals surface area contributed by atoms with Crippen LogP contribution in [0.25, 0.3) is 0 Å². The van der Waals surface area contributed by atoms with Crippen molar-refractivity contribution in [3.05, 3.63) is 82.1 Å². The average Bonchev–Trinajstić information content (AvgIpc) is 2.62. The molecule has 5 nitrogen and oxygen atoms in total. The number of amides is 1. The molecular weight excluding hydrogens is 361 g/mol. The van der Waals surface area contributed by atoms with Gasteiger partial charge in [-0.2, -0.15) is 0 Å². The minimum atomic E-state index is -0.274. The van der Waals surface area contributed by atoms with Gasteiger partial charge < -0.3 is 15.4 Å². The number of ether oxygens (including phenoxy) is 1. The summed E-state index contributed by atoms with van der Waals surface area (Å²) in [4.78, 5) is 16.4. The van der Waals surface area contributed by atoms with Crippen LogP contribution in [0.3, 0.4) is 0 Å². The molecule has 2 aromatic rings. The van der Waals surface area contributed by atoms with Crippen molar-refractivity contribution in [3.8, 4) is 5.88 Å². The summed E-state index contributed by atoms with van der Waals surface area (Å²) >= 11 is 11.9. The van der Waals surface area contributed by atoms with Crippen LogP contribution in [0.4, 0.5) is 0 Å². The molecule has 0 aliphatic carbocycles. The molecule has 1 atom stereocenters. The number of nitrogens with zero attached hydrogens (tertiary/aromatic N) is 1. The summed E-state index contributed by atoms with van der Waals surface area (Å²) in [5, 5.41) is 6.88. The van der Waals surface area contributed by atoms with Gasteiger partial charge in [-0.1, -0.05) is 35.3 Å². The van der Waals surface area contributed by atoms with Crippen molar-refractivity contribution < 1.29 is 9.53 Å². The Hall–Kier alpha value is -2.50. The first-order chi connectivity index (χ1) is 12.1. The van der Waals surface area contributed by atoms with E-state index in [4.69, 9.17) is 27.9 Å². The molecule has 1 unspecified atom stereocenters. The van der Waals surface area contributed by atoms with Gasteiger partial charge in [-0.25, -0.2) is 4.98 Å². The Morgan fingerprint density at radius 3 is 2.80 bits per heavy atom. The highest BCUT2D eigenvalue weighted by atomic mass is 35.5. The summed E-state index contributed by atoms with van der Waals surface area (Å²) in [6.45, 7) is 0.302. The fourth-order valence-corrected chi connectivity index (χ4v) is 2.63. The van der Waals surface area contributed by atoms with Gasteiger partial charge in [0, 0.05) is 28.9 Å². The third-order valence-electron chi connectivity index (χ3n) is 3.45. The highest BCUT2D eigenvalue weighted by Gasteiger charge is 2.10. The second-order valence-electron chi connectivity index (χ2n) is 5.25. The number of halogens is 2. The molecule has 1 aliphatic rings. The number of carbonyl (C=O) groups is 1. The van der Waals surface area contributed by atoms with Gasteiger partial charge in [0.15, 0.2) is 6.23 Å². The Kier molecular flexibility index (Phi) is 5.58. The molecule has 1 aromatic carbocycles. The third kappa shape index (κ3) is 4.75. The first-order valence-electron chi connectivity index (χ1n) is 7.56. The van der Waals surface area contributed by atoms with Gasteiger partial charge in [0.1, 0.15) is 0 Å². The van der Waals surface area contributed by atoms with Crippen molar-refractivity contribution >= 4 is 29.1 Å². The lowest BCUT2D eigenvalue weighted by atomic mass is 10.2. The molecule has 0 saturated carbocycles. The summed E-state index contributed by atoms with van der Waals surface area (Å²) in [7, 11) is 0. The van der Waals surface area contributed by atoms with E-state index in [2.05, 4.69) is 15.6 Å². The average molecular weight is 376 g/mol. The highest BCUT2D eigenvalue weighted by molar-refractivity contribution is 6.35. The predicted molar refractivity (Wildman–Crippen MR) is 97.7 cm³/mol. The molecule has 2 N–H and O–H groups in total. The van der Waals surface area contributed by atoms with Crippen molar-refractivity contribution in [2.24, 2.45) is 0 Å². The summed E-state index contributed by atoms with van der Waals surface area (Å²) < 4.78 is 5.62. The monoisotopic (exact) mass is 375 g/mol. The molecule has 1 aromatic heterocycles. The largest absolute Gasteiger partial charge is 0.450 e. The summed E-state index contributed by atoms with van der Waals surface area (Å²) in [6, 6.07) is 8.45. The van der Waals surface area contributed by atoms with Gasteiger partial charge in [-0.05, 0) is 42.1 Å². The number of benzene rings is 1. The molecule has 0 radical (unpaired) electrons. The summed E-state index contributed by atoms with van der Waals surface area (Å²) in [5.74, 6) is 0.179. The lowest BCUT2D eigenvalue weighted by Crippen LogP contribution is -2.30. The predicted octanol–water partition coefficient (Wildman–Crippen LogP) is 3.70. The summed E-state index contributed by atoms with van der Waals surface area (Å²) in [5.41, 5.74) is 1.22. The van der Waals surface area contributed by atoms with Crippen LogP contribution in [-0.4, -0.2) is 17.1 Å². The van der Waals surface area contributed by atoms with E-state index in [1.165, 1.54) is 6.20 Å². The van der Waals surface area contributed by atoms with E-state index < -0.39 is 0 Å². The zero-order valence-electron chi connectivity index (χ0n) is 13.1. The number of aromatic nitrogens is 1. The van der Waals surface area contributed by atoms with E-state index in [9.17, 15) is 4.79 Å². The van der Waals surface area contributed by atoms with Gasteiger partial charge in [-0.15, -0.1) is 0 Å². The van der Waals surface area contributed by atoms with Gasteiger partial charge in [0.2, 0.25) is 5.88 Å². The van der Waals surface area contributed by atoms with Crippen LogP contribution in [0.1, 0.15) is 15.9 Å². The first-order valence-corrected chi connectivity index (χ1v) is 8.31. The minimum absolute atomic E-state index is 0.247. The molecule has 0 fully saturated rings. The maximum atomic E-state index is 12.2. The maximum absolute atomic E-state index is 12.2. The van der Waals surface area contributed by atoms with E-state index in [1.807, 2.05) is 18.2 Å². The Bertz CT molecular complexity index is 820. The first kappa shape index (κ1) is 17.3. The lowest BCUT2D eigenvalue weighted by molar-refractivity contribution is 0.0950. The number of allylic oxidation sites excluding steroid dienone is 2. The normalized spacial score (nSPS) is 15.5. The van der Waals surface area contributed by atoms with Crippen molar-refractivity contribution in [3.63, 3.8) is 0 Å². The Balaban J connectivity index is 1.57. The van der Waals surface area contributed by atoms with Crippen LogP contribution < -0.4 is 15.4 Å². The van der Waals surface area contributed by atoms with Crippen molar-refractivity contribution in [2.45, 2.75) is 12.8 Å². The number of rotatable bonds is 5. The second kappa shape index (κ2) is 8.05. The quantitative estimate of drug-likeness (QED) is 0.836. The summed E-state index contributed by atoms with van der Waals surface area (Å²) in [6.07, 6.45) is 8.59. The standard InChI is InChI=1S/C18H15Cl2N3O2/c19-14-6-4-12(15(20)9-14)10-23-18(24)13-5-7-17(22-11-13)25-16-3-1-2-8-21-16/h1-9,11,16,21H,10H2,(H,23,24). The van der Waals surface area contributed by atoms with Crippen LogP contribution in [0, 0.1) is 0 Å². The molecule has 1 amide bonds. The number of pyridine rings is 1. The number of nitrogens with one attached hydrogen (secondary N) is 2. The Morgan fingerprint density at radius 2 is 2.12 bits per heavy atom. The molecule has 3 rings (SSSR count). The number of hydrogen-bond acceptors (Lipinski definition) is 4. The van der Waals surface area contributed by atoms with Gasteiger partial charge >= 0.3 is 0 Å². The molecule has 2 heterocycles.